The van der Waals surface area contributed by atoms with E-state index in [0.717, 1.165) is 41.8 Å². The normalized spacial score (nSPS) is 13.9. The minimum absolute atomic E-state index is 0.146. The van der Waals surface area contributed by atoms with Crippen LogP contribution in [0, 0.1) is 0 Å². The smallest absolute Gasteiger partial charge is 0.163 e. The summed E-state index contributed by atoms with van der Waals surface area (Å²) >= 11 is 0. The molecule has 2 aromatic carbocycles. The maximum Gasteiger partial charge on any atom is 0.163 e. The molecule has 0 bridgehead atoms. The first kappa shape index (κ1) is 13.7. The molecule has 1 aliphatic carbocycles. The Morgan fingerprint density at radius 3 is 2.62 bits per heavy atom. The maximum atomic E-state index is 12.3. The molecule has 0 aromatic heterocycles. The highest BCUT2D eigenvalue weighted by Gasteiger charge is 2.23. The molecule has 0 spiro atoms. The van der Waals surface area contributed by atoms with Crippen molar-refractivity contribution < 1.29 is 9.53 Å². The fourth-order valence-electron chi connectivity index (χ4n) is 2.21. The van der Waals surface area contributed by atoms with Crippen molar-refractivity contribution in [1.29, 1.82) is 0 Å². The van der Waals surface area contributed by atoms with E-state index in [0.29, 0.717) is 12.5 Å². The molecule has 0 saturated heterocycles. The van der Waals surface area contributed by atoms with Crippen LogP contribution in [0.5, 0.6) is 5.75 Å². The van der Waals surface area contributed by atoms with E-state index in [9.17, 15) is 4.79 Å². The van der Waals surface area contributed by atoms with Crippen LogP contribution in [0.15, 0.2) is 48.5 Å². The number of carbonyl (C=O) groups is 1. The molecule has 2 aromatic rings. The van der Waals surface area contributed by atoms with Crippen LogP contribution >= 0.6 is 0 Å². The Bertz CT molecular complexity index is 630. The first-order valence-corrected chi connectivity index (χ1v) is 7.35. The predicted octanol–water partition coefficient (Wildman–Crippen LogP) is 3.63. The first-order chi connectivity index (χ1) is 10.2. The van der Waals surface area contributed by atoms with Gasteiger partial charge in [-0.2, -0.15) is 0 Å². The van der Waals surface area contributed by atoms with Crippen LogP contribution in [0.25, 0.3) is 0 Å². The van der Waals surface area contributed by atoms with Crippen molar-refractivity contribution in [3.63, 3.8) is 0 Å². The van der Waals surface area contributed by atoms with Crippen LogP contribution in [0.3, 0.4) is 0 Å². The number of anilines is 1. The van der Waals surface area contributed by atoms with Crippen molar-refractivity contribution in [3.8, 4) is 5.75 Å². The fraction of sp³-hybridized carbons (Fsp3) is 0.278. The van der Waals surface area contributed by atoms with Crippen molar-refractivity contribution in [2.24, 2.45) is 0 Å². The number of hydrogen-bond donors (Lipinski definition) is 1. The summed E-state index contributed by atoms with van der Waals surface area (Å²) < 4.78 is 5.73. The topological polar surface area (TPSA) is 52.3 Å². The summed E-state index contributed by atoms with van der Waals surface area (Å²) in [6.45, 7) is 0. The lowest BCUT2D eigenvalue weighted by Crippen LogP contribution is -2.03. The van der Waals surface area contributed by atoms with E-state index in [-0.39, 0.29) is 5.78 Å². The Kier molecular flexibility index (Phi) is 3.91. The van der Waals surface area contributed by atoms with Crippen molar-refractivity contribution in [1.82, 2.24) is 0 Å². The molecule has 2 N–H and O–H groups in total. The van der Waals surface area contributed by atoms with Gasteiger partial charge in [0.15, 0.2) is 5.78 Å². The van der Waals surface area contributed by atoms with Gasteiger partial charge in [0.1, 0.15) is 5.75 Å². The van der Waals surface area contributed by atoms with Gasteiger partial charge >= 0.3 is 0 Å². The summed E-state index contributed by atoms with van der Waals surface area (Å²) in [6, 6.07) is 15.2. The molecule has 0 heterocycles. The molecule has 3 heteroatoms. The molecule has 0 radical (unpaired) electrons. The Labute approximate surface area is 124 Å². The van der Waals surface area contributed by atoms with E-state index in [1.165, 1.54) is 0 Å². The Balaban J connectivity index is 1.60. The van der Waals surface area contributed by atoms with Gasteiger partial charge in [-0.1, -0.05) is 24.3 Å². The molecule has 0 aliphatic heterocycles. The number of aryl methyl sites for hydroxylation is 1. The van der Waals surface area contributed by atoms with Crippen LogP contribution < -0.4 is 10.5 Å². The molecule has 0 unspecified atom stereocenters. The van der Waals surface area contributed by atoms with Crippen LogP contribution in [0.1, 0.15) is 35.2 Å². The van der Waals surface area contributed by atoms with Gasteiger partial charge in [0, 0.05) is 17.7 Å². The second-order valence-electron chi connectivity index (χ2n) is 5.51. The van der Waals surface area contributed by atoms with Crippen LogP contribution in [-0.4, -0.2) is 11.9 Å². The number of nitrogens with two attached hydrogens (primary N) is 1. The standard InChI is InChI=1S/C18H19NO2/c19-15-7-4-13(5-8-15)6-11-18(20)14-2-1-3-17(12-14)21-16-9-10-16/h1-5,7-8,12,16H,6,9-11,19H2. The largest absolute Gasteiger partial charge is 0.490 e. The molecule has 3 nitrogen and oxygen atoms in total. The number of carbonyl (C=O) groups excluding carboxylic acids is 1. The first-order valence-electron chi connectivity index (χ1n) is 7.35. The Morgan fingerprint density at radius 2 is 1.90 bits per heavy atom. The van der Waals surface area contributed by atoms with Gasteiger partial charge in [-0.15, -0.1) is 0 Å². The Hall–Kier alpha value is -2.29. The molecule has 0 atom stereocenters. The van der Waals surface area contributed by atoms with Crippen molar-refractivity contribution >= 4 is 11.5 Å². The van der Waals surface area contributed by atoms with E-state index in [1.807, 2.05) is 48.5 Å². The van der Waals surface area contributed by atoms with E-state index in [4.69, 9.17) is 10.5 Å². The molecule has 1 saturated carbocycles. The lowest BCUT2D eigenvalue weighted by atomic mass is 10.0. The number of Topliss-reactive ketones (excluding diaryl/α,β-unsaturated/α-hetero) is 1. The summed E-state index contributed by atoms with van der Waals surface area (Å²) in [6.07, 6.45) is 3.82. The summed E-state index contributed by atoms with van der Waals surface area (Å²) in [5.74, 6) is 0.948. The molecule has 108 valence electrons. The number of benzene rings is 2. The molecule has 21 heavy (non-hydrogen) atoms. The number of nitrogen functional groups attached to an aromatic ring is 1. The van der Waals surface area contributed by atoms with Gasteiger partial charge in [0.2, 0.25) is 0 Å². The zero-order valence-corrected chi connectivity index (χ0v) is 11.9. The molecular formula is C18H19NO2. The zero-order chi connectivity index (χ0) is 14.7. The zero-order valence-electron chi connectivity index (χ0n) is 11.9. The van der Waals surface area contributed by atoms with E-state index < -0.39 is 0 Å². The van der Waals surface area contributed by atoms with Gasteiger partial charge in [-0.25, -0.2) is 0 Å². The van der Waals surface area contributed by atoms with Gasteiger partial charge in [0.25, 0.3) is 0 Å². The van der Waals surface area contributed by atoms with Gasteiger partial charge in [-0.3, -0.25) is 4.79 Å². The third-order valence-corrected chi connectivity index (χ3v) is 3.60. The number of ether oxygens (including phenoxy) is 1. The maximum absolute atomic E-state index is 12.3. The average molecular weight is 281 g/mol. The lowest BCUT2D eigenvalue weighted by molar-refractivity contribution is 0.0982. The fourth-order valence-corrected chi connectivity index (χ4v) is 2.21. The highest BCUT2D eigenvalue weighted by molar-refractivity contribution is 5.96. The second kappa shape index (κ2) is 6.00. The van der Waals surface area contributed by atoms with E-state index >= 15 is 0 Å². The number of ketones is 1. The Morgan fingerprint density at radius 1 is 1.14 bits per heavy atom. The second-order valence-corrected chi connectivity index (χ2v) is 5.51. The lowest BCUT2D eigenvalue weighted by Gasteiger charge is -2.07. The summed E-state index contributed by atoms with van der Waals surface area (Å²) in [7, 11) is 0. The summed E-state index contributed by atoms with van der Waals surface area (Å²) in [5.41, 5.74) is 8.25. The van der Waals surface area contributed by atoms with Gasteiger partial charge in [0.05, 0.1) is 6.10 Å². The number of hydrogen-bond acceptors (Lipinski definition) is 3. The van der Waals surface area contributed by atoms with E-state index in [1.54, 1.807) is 0 Å². The van der Waals surface area contributed by atoms with Crippen LogP contribution in [0.4, 0.5) is 5.69 Å². The van der Waals surface area contributed by atoms with Crippen molar-refractivity contribution in [2.75, 3.05) is 5.73 Å². The molecule has 3 rings (SSSR count). The minimum Gasteiger partial charge on any atom is -0.490 e. The third kappa shape index (κ3) is 3.85. The van der Waals surface area contributed by atoms with Gasteiger partial charge in [-0.05, 0) is 49.1 Å². The molecule has 1 fully saturated rings. The van der Waals surface area contributed by atoms with Crippen molar-refractivity contribution in [2.45, 2.75) is 31.8 Å². The number of rotatable bonds is 6. The summed E-state index contributed by atoms with van der Waals surface area (Å²) in [4.78, 5) is 12.3. The van der Waals surface area contributed by atoms with Crippen LogP contribution in [0.2, 0.25) is 0 Å². The monoisotopic (exact) mass is 281 g/mol. The predicted molar refractivity (Wildman–Crippen MR) is 83.6 cm³/mol. The van der Waals surface area contributed by atoms with Crippen molar-refractivity contribution in [3.05, 3.63) is 59.7 Å². The SMILES string of the molecule is Nc1ccc(CCC(=O)c2cccc(OC3CC3)c2)cc1. The highest BCUT2D eigenvalue weighted by atomic mass is 16.5. The molecule has 1 aliphatic rings. The average Bonchev–Trinajstić information content (AvgIpc) is 3.30. The third-order valence-electron chi connectivity index (χ3n) is 3.60. The minimum atomic E-state index is 0.146. The molecule has 0 amide bonds. The quantitative estimate of drug-likeness (QED) is 0.650. The van der Waals surface area contributed by atoms with E-state index in [2.05, 4.69) is 0 Å². The van der Waals surface area contributed by atoms with Gasteiger partial charge < -0.3 is 10.5 Å². The summed E-state index contributed by atoms with van der Waals surface area (Å²) in [5, 5.41) is 0. The van der Waals surface area contributed by atoms with Crippen LogP contribution in [-0.2, 0) is 6.42 Å². The highest BCUT2D eigenvalue weighted by Crippen LogP contribution is 2.27. The molecular weight excluding hydrogens is 262 g/mol.